The average Bonchev–Trinajstić information content (AvgIpc) is 2.20. The maximum atomic E-state index is 10.8. The summed E-state index contributed by atoms with van der Waals surface area (Å²) in [5.74, 6) is -1.38. The van der Waals surface area contributed by atoms with Crippen molar-refractivity contribution in [2.24, 2.45) is 0 Å². The number of carboxylic acids is 1. The second-order valence-electron chi connectivity index (χ2n) is 3.09. The lowest BCUT2D eigenvalue weighted by Gasteiger charge is -2.12. The summed E-state index contributed by atoms with van der Waals surface area (Å²) in [4.78, 5) is 20.7. The van der Waals surface area contributed by atoms with Crippen LogP contribution in [0.25, 0.3) is 0 Å². The molecule has 0 saturated heterocycles. The molecule has 0 amide bonds. The van der Waals surface area contributed by atoms with Crippen molar-refractivity contribution in [2.75, 3.05) is 0 Å². The Morgan fingerprint density at radius 2 is 2.24 bits per heavy atom. The van der Waals surface area contributed by atoms with Crippen LogP contribution in [0.5, 0.6) is 5.75 Å². The summed E-state index contributed by atoms with van der Waals surface area (Å²) in [6.45, 7) is 1.27. The molecular weight excluding hydrogens is 317 g/mol. The minimum absolute atomic E-state index is 0.152. The highest BCUT2D eigenvalue weighted by Crippen LogP contribution is 2.38. The van der Waals surface area contributed by atoms with Crippen molar-refractivity contribution in [1.82, 2.24) is 0 Å². The van der Waals surface area contributed by atoms with Crippen LogP contribution in [0.15, 0.2) is 16.6 Å². The van der Waals surface area contributed by atoms with Gasteiger partial charge in [-0.2, -0.15) is 0 Å². The van der Waals surface area contributed by atoms with Gasteiger partial charge in [0.1, 0.15) is 0 Å². The van der Waals surface area contributed by atoms with E-state index in [-0.39, 0.29) is 15.2 Å². The third kappa shape index (κ3) is 3.31. The van der Waals surface area contributed by atoms with E-state index in [0.29, 0.717) is 0 Å². The second-order valence-corrected chi connectivity index (χ2v) is 4.38. The summed E-state index contributed by atoms with van der Waals surface area (Å²) >= 11 is 8.70. The Balaban J connectivity index is 3.21. The third-order valence-electron chi connectivity index (χ3n) is 1.83. The largest absolute Gasteiger partial charge is 0.479 e. The summed E-state index contributed by atoms with van der Waals surface area (Å²) in [6.07, 6.45) is -1.20. The summed E-state index contributed by atoms with van der Waals surface area (Å²) in [5, 5.41) is 19.6. The van der Waals surface area contributed by atoms with Crippen molar-refractivity contribution in [2.45, 2.75) is 13.0 Å². The SMILES string of the molecule is C[C@H](Oc1c(Br)cc(Cl)cc1[N+](=O)[O-])C(=O)O. The summed E-state index contributed by atoms with van der Waals surface area (Å²) in [6, 6.07) is 2.48. The number of carboxylic acid groups (broad SMARTS) is 1. The van der Waals surface area contributed by atoms with Crippen LogP contribution in [0, 0.1) is 10.1 Å². The molecule has 0 heterocycles. The van der Waals surface area contributed by atoms with E-state index < -0.39 is 22.7 Å². The highest BCUT2D eigenvalue weighted by Gasteiger charge is 2.24. The van der Waals surface area contributed by atoms with Gasteiger partial charge in [-0.1, -0.05) is 11.6 Å². The Morgan fingerprint density at radius 1 is 1.65 bits per heavy atom. The monoisotopic (exact) mass is 323 g/mol. The molecule has 0 saturated carbocycles. The molecule has 8 heteroatoms. The normalized spacial score (nSPS) is 11.9. The van der Waals surface area contributed by atoms with Crippen LogP contribution in [0.2, 0.25) is 5.02 Å². The van der Waals surface area contributed by atoms with Gasteiger partial charge in [-0.05, 0) is 28.9 Å². The van der Waals surface area contributed by atoms with Gasteiger partial charge in [-0.3, -0.25) is 10.1 Å². The van der Waals surface area contributed by atoms with E-state index >= 15 is 0 Å². The minimum Gasteiger partial charge on any atom is -0.479 e. The molecule has 6 nitrogen and oxygen atoms in total. The molecule has 0 spiro atoms. The van der Waals surface area contributed by atoms with Gasteiger partial charge in [0.15, 0.2) is 6.10 Å². The van der Waals surface area contributed by atoms with Crippen molar-refractivity contribution in [3.8, 4) is 5.75 Å². The van der Waals surface area contributed by atoms with Crippen molar-refractivity contribution >= 4 is 39.2 Å². The summed E-state index contributed by atoms with van der Waals surface area (Å²) < 4.78 is 5.23. The van der Waals surface area contributed by atoms with E-state index in [9.17, 15) is 14.9 Å². The van der Waals surface area contributed by atoms with Crippen LogP contribution in [0.4, 0.5) is 5.69 Å². The molecule has 1 atom stereocenters. The zero-order valence-electron chi connectivity index (χ0n) is 8.52. The lowest BCUT2D eigenvalue weighted by atomic mass is 10.3. The number of carbonyl (C=O) groups is 1. The number of rotatable bonds is 4. The topological polar surface area (TPSA) is 89.7 Å². The van der Waals surface area contributed by atoms with E-state index in [1.165, 1.54) is 13.0 Å². The number of benzene rings is 1. The van der Waals surface area contributed by atoms with E-state index in [1.807, 2.05) is 0 Å². The second kappa shape index (κ2) is 5.33. The fourth-order valence-corrected chi connectivity index (χ4v) is 1.91. The van der Waals surface area contributed by atoms with Crippen molar-refractivity contribution in [1.29, 1.82) is 0 Å². The molecule has 1 aromatic carbocycles. The first-order valence-corrected chi connectivity index (χ1v) is 5.53. The van der Waals surface area contributed by atoms with Gasteiger partial charge in [0, 0.05) is 11.1 Å². The predicted octanol–water partition coefficient (Wildman–Crippen LogP) is 2.86. The van der Waals surface area contributed by atoms with Gasteiger partial charge < -0.3 is 9.84 Å². The van der Waals surface area contributed by atoms with E-state index in [4.69, 9.17) is 21.4 Å². The molecule has 0 bridgehead atoms. The van der Waals surface area contributed by atoms with Crippen LogP contribution >= 0.6 is 27.5 Å². The van der Waals surface area contributed by atoms with Crippen molar-refractivity contribution in [3.63, 3.8) is 0 Å². The van der Waals surface area contributed by atoms with Crippen LogP contribution < -0.4 is 4.74 Å². The molecule has 1 N–H and O–H groups in total. The Labute approximate surface area is 109 Å². The molecule has 0 radical (unpaired) electrons. The van der Waals surface area contributed by atoms with Gasteiger partial charge in [0.2, 0.25) is 5.75 Å². The van der Waals surface area contributed by atoms with Gasteiger partial charge in [0.25, 0.3) is 0 Å². The van der Waals surface area contributed by atoms with Gasteiger partial charge >= 0.3 is 11.7 Å². The average molecular weight is 325 g/mol. The molecule has 0 aliphatic carbocycles. The molecule has 0 aliphatic heterocycles. The fraction of sp³-hybridized carbons (Fsp3) is 0.222. The van der Waals surface area contributed by atoms with Crippen LogP contribution in [-0.2, 0) is 4.79 Å². The molecule has 0 unspecified atom stereocenters. The van der Waals surface area contributed by atoms with Gasteiger partial charge in [0.05, 0.1) is 9.40 Å². The number of hydrogen-bond donors (Lipinski definition) is 1. The van der Waals surface area contributed by atoms with E-state index in [0.717, 1.165) is 6.07 Å². The van der Waals surface area contributed by atoms with E-state index in [2.05, 4.69) is 15.9 Å². The first kappa shape index (κ1) is 13.7. The number of nitro groups is 1. The molecule has 17 heavy (non-hydrogen) atoms. The molecule has 1 aromatic rings. The lowest BCUT2D eigenvalue weighted by Crippen LogP contribution is -2.23. The number of nitrogens with zero attached hydrogens (tertiary/aromatic N) is 1. The zero-order valence-corrected chi connectivity index (χ0v) is 10.9. The maximum absolute atomic E-state index is 10.8. The Morgan fingerprint density at radius 3 is 2.71 bits per heavy atom. The number of nitro benzene ring substituents is 1. The first-order chi connectivity index (χ1) is 7.82. The van der Waals surface area contributed by atoms with E-state index in [1.54, 1.807) is 0 Å². The van der Waals surface area contributed by atoms with Crippen molar-refractivity contribution in [3.05, 3.63) is 31.7 Å². The quantitative estimate of drug-likeness (QED) is 0.679. The molecular formula is C9H7BrClNO5. The molecule has 0 fully saturated rings. The van der Waals surface area contributed by atoms with Crippen LogP contribution in [0.1, 0.15) is 6.92 Å². The zero-order chi connectivity index (χ0) is 13.2. The lowest BCUT2D eigenvalue weighted by molar-refractivity contribution is -0.386. The molecule has 0 aliphatic rings. The fourth-order valence-electron chi connectivity index (χ4n) is 1.03. The summed E-state index contributed by atoms with van der Waals surface area (Å²) in [5.41, 5.74) is -0.391. The number of aliphatic carboxylic acids is 1. The van der Waals surface area contributed by atoms with Crippen LogP contribution in [0.3, 0.4) is 0 Å². The number of hydrogen-bond acceptors (Lipinski definition) is 4. The standard InChI is InChI=1S/C9H7BrClNO5/c1-4(9(13)14)17-8-6(10)2-5(11)3-7(8)12(15)16/h2-4H,1H3,(H,13,14)/t4-/m0/s1. The Hall–Kier alpha value is -1.34. The molecule has 92 valence electrons. The summed E-state index contributed by atoms with van der Waals surface area (Å²) in [7, 11) is 0. The molecule has 0 aromatic heterocycles. The van der Waals surface area contributed by atoms with Crippen LogP contribution in [-0.4, -0.2) is 22.1 Å². The first-order valence-electron chi connectivity index (χ1n) is 4.36. The number of halogens is 2. The van der Waals surface area contributed by atoms with Gasteiger partial charge in [-0.25, -0.2) is 4.79 Å². The maximum Gasteiger partial charge on any atom is 0.344 e. The Bertz CT molecular complexity index is 479. The minimum atomic E-state index is -1.22. The predicted molar refractivity (Wildman–Crippen MR) is 63.5 cm³/mol. The highest BCUT2D eigenvalue weighted by molar-refractivity contribution is 9.10. The van der Waals surface area contributed by atoms with Crippen molar-refractivity contribution < 1.29 is 19.6 Å². The Kier molecular flexibility index (Phi) is 4.30. The number of ether oxygens (including phenoxy) is 1. The highest BCUT2D eigenvalue weighted by atomic mass is 79.9. The van der Waals surface area contributed by atoms with Gasteiger partial charge in [-0.15, -0.1) is 0 Å². The molecule has 1 rings (SSSR count). The smallest absolute Gasteiger partial charge is 0.344 e. The third-order valence-corrected chi connectivity index (χ3v) is 2.64.